The van der Waals surface area contributed by atoms with Gasteiger partial charge in [0, 0.05) is 19.7 Å². The third kappa shape index (κ3) is 6.78. The van der Waals surface area contributed by atoms with E-state index in [9.17, 15) is 18.0 Å². The van der Waals surface area contributed by atoms with Crippen molar-refractivity contribution in [2.24, 2.45) is 5.10 Å². The van der Waals surface area contributed by atoms with Gasteiger partial charge in [0.15, 0.2) is 0 Å². The highest BCUT2D eigenvalue weighted by molar-refractivity contribution is 5.82. The minimum atomic E-state index is -4.47. The van der Waals surface area contributed by atoms with E-state index in [4.69, 9.17) is 4.74 Å². The first-order valence-corrected chi connectivity index (χ1v) is 8.74. The van der Waals surface area contributed by atoms with Crippen molar-refractivity contribution in [2.45, 2.75) is 32.5 Å². The van der Waals surface area contributed by atoms with Crippen molar-refractivity contribution in [1.29, 1.82) is 0 Å². The lowest BCUT2D eigenvalue weighted by Gasteiger charge is -2.18. The number of amides is 1. The summed E-state index contributed by atoms with van der Waals surface area (Å²) in [5.74, 6) is 0.210. The summed E-state index contributed by atoms with van der Waals surface area (Å²) < 4.78 is 44.6. The van der Waals surface area contributed by atoms with Crippen LogP contribution in [-0.2, 0) is 10.9 Å². The van der Waals surface area contributed by atoms with Crippen molar-refractivity contribution in [3.63, 3.8) is 0 Å². The Morgan fingerprint density at radius 3 is 2.28 bits per heavy atom. The molecule has 2 aromatic rings. The van der Waals surface area contributed by atoms with E-state index in [0.29, 0.717) is 11.1 Å². The maximum absolute atomic E-state index is 13.2. The summed E-state index contributed by atoms with van der Waals surface area (Å²) in [6.07, 6.45) is -3.75. The van der Waals surface area contributed by atoms with Gasteiger partial charge in [0.25, 0.3) is 0 Å². The molecule has 9 heteroatoms. The summed E-state index contributed by atoms with van der Waals surface area (Å²) in [6.45, 7) is 5.20. The number of aromatic nitrogens is 1. The molecule has 0 unspecified atom stereocenters. The topological polar surface area (TPSA) is 66.8 Å². The van der Waals surface area contributed by atoms with E-state index in [-0.39, 0.29) is 11.5 Å². The monoisotopic (exact) mass is 408 g/mol. The van der Waals surface area contributed by atoms with Crippen LogP contribution in [0.25, 0.3) is 11.3 Å². The fourth-order valence-corrected chi connectivity index (χ4v) is 2.26. The molecule has 0 aliphatic heterocycles. The molecule has 6 nitrogen and oxygen atoms in total. The van der Waals surface area contributed by atoms with E-state index >= 15 is 0 Å². The van der Waals surface area contributed by atoms with Gasteiger partial charge in [-0.3, -0.25) is 0 Å². The summed E-state index contributed by atoms with van der Waals surface area (Å²) >= 11 is 0. The number of nitrogens with zero attached hydrogens (tertiary/aromatic N) is 3. The fraction of sp³-hybridized carbons (Fsp3) is 0.350. The lowest BCUT2D eigenvalue weighted by Crippen LogP contribution is -2.29. The maximum Gasteiger partial charge on any atom is 0.428 e. The number of hydrogen-bond acceptors (Lipinski definition) is 5. The molecule has 0 aliphatic carbocycles. The number of ether oxygens (including phenoxy) is 1. The second-order valence-electron chi connectivity index (χ2n) is 7.49. The maximum atomic E-state index is 13.2. The number of anilines is 1. The number of hydrogen-bond donors (Lipinski definition) is 1. The van der Waals surface area contributed by atoms with E-state index in [2.05, 4.69) is 15.5 Å². The summed E-state index contributed by atoms with van der Waals surface area (Å²) in [7, 11) is 3.26. The molecular weight excluding hydrogens is 385 g/mol. The molecule has 1 aromatic heterocycles. The number of carbonyl (C=O) groups is 1. The Morgan fingerprint density at radius 1 is 1.14 bits per heavy atom. The Morgan fingerprint density at radius 2 is 1.76 bits per heavy atom. The molecule has 156 valence electrons. The van der Waals surface area contributed by atoms with Gasteiger partial charge in [0.1, 0.15) is 11.4 Å². The first kappa shape index (κ1) is 22.2. The molecule has 0 saturated heterocycles. The normalized spacial score (nSPS) is 12.1. The van der Waals surface area contributed by atoms with E-state index in [1.165, 1.54) is 11.1 Å². The number of benzene rings is 1. The van der Waals surface area contributed by atoms with Crippen LogP contribution in [0.5, 0.6) is 0 Å². The van der Waals surface area contributed by atoms with Gasteiger partial charge in [-0.2, -0.15) is 18.3 Å². The number of halogens is 3. The SMILES string of the molecule is CN(C)c1cc(C(F)(F)F)cc(-c2ccc(/C=N\NC(=O)OC(C)(C)C)cc2)n1. The van der Waals surface area contributed by atoms with Crippen molar-refractivity contribution in [2.75, 3.05) is 19.0 Å². The second kappa shape index (κ2) is 8.50. The van der Waals surface area contributed by atoms with Gasteiger partial charge in [0.2, 0.25) is 0 Å². The summed E-state index contributed by atoms with van der Waals surface area (Å²) in [6, 6.07) is 8.61. The van der Waals surface area contributed by atoms with E-state index in [1.54, 1.807) is 59.1 Å². The van der Waals surface area contributed by atoms with Crippen LogP contribution in [0, 0.1) is 0 Å². The fourth-order valence-electron chi connectivity index (χ4n) is 2.26. The van der Waals surface area contributed by atoms with Crippen LogP contribution >= 0.6 is 0 Å². The average molecular weight is 408 g/mol. The first-order chi connectivity index (χ1) is 13.3. The molecule has 1 aromatic carbocycles. The highest BCUT2D eigenvalue weighted by atomic mass is 19.4. The summed E-state index contributed by atoms with van der Waals surface area (Å²) in [5, 5.41) is 3.79. The van der Waals surface area contributed by atoms with Gasteiger partial charge >= 0.3 is 12.3 Å². The van der Waals surface area contributed by atoms with Gasteiger partial charge in [-0.25, -0.2) is 15.2 Å². The van der Waals surface area contributed by atoms with Crippen LogP contribution in [0.3, 0.4) is 0 Å². The zero-order valence-electron chi connectivity index (χ0n) is 16.8. The molecule has 1 amide bonds. The number of carbonyl (C=O) groups excluding carboxylic acids is 1. The lowest BCUT2D eigenvalue weighted by molar-refractivity contribution is -0.137. The van der Waals surface area contributed by atoms with Crippen LogP contribution in [0.1, 0.15) is 31.9 Å². The van der Waals surface area contributed by atoms with Crippen molar-refractivity contribution in [3.05, 3.63) is 47.5 Å². The number of nitrogens with one attached hydrogen (secondary N) is 1. The third-order valence-electron chi connectivity index (χ3n) is 3.57. The smallest absolute Gasteiger partial charge is 0.428 e. The minimum Gasteiger partial charge on any atom is -0.443 e. The number of rotatable bonds is 4. The Bertz CT molecular complexity index is 886. The van der Waals surface area contributed by atoms with Crippen molar-refractivity contribution in [3.8, 4) is 11.3 Å². The molecule has 0 fully saturated rings. The molecule has 0 radical (unpaired) electrons. The summed E-state index contributed by atoms with van der Waals surface area (Å²) in [5.41, 5.74) is 2.22. The molecule has 1 heterocycles. The summed E-state index contributed by atoms with van der Waals surface area (Å²) in [4.78, 5) is 17.3. The third-order valence-corrected chi connectivity index (χ3v) is 3.57. The standard InChI is InChI=1S/C20H23F3N4O2/c1-19(2,3)29-18(28)26-24-12-13-6-8-14(9-7-13)16-10-15(20(21,22)23)11-17(25-16)27(4)5/h6-12H,1-5H3,(H,26,28)/b24-12-. The Kier molecular flexibility index (Phi) is 6.51. The highest BCUT2D eigenvalue weighted by Crippen LogP contribution is 2.33. The minimum absolute atomic E-state index is 0.207. The Labute approximate surface area is 167 Å². The predicted octanol–water partition coefficient (Wildman–Crippen LogP) is 4.69. The van der Waals surface area contributed by atoms with E-state index in [1.807, 2.05) is 0 Å². The number of pyridine rings is 1. The van der Waals surface area contributed by atoms with Crippen molar-refractivity contribution in [1.82, 2.24) is 10.4 Å². The zero-order valence-corrected chi connectivity index (χ0v) is 16.8. The van der Waals surface area contributed by atoms with Gasteiger partial charge in [-0.15, -0.1) is 0 Å². The highest BCUT2D eigenvalue weighted by Gasteiger charge is 2.32. The largest absolute Gasteiger partial charge is 0.443 e. The van der Waals surface area contributed by atoms with Crippen molar-refractivity contribution < 1.29 is 22.7 Å². The Hall–Kier alpha value is -3.10. The van der Waals surface area contributed by atoms with E-state index < -0.39 is 23.4 Å². The molecule has 0 bridgehead atoms. The van der Waals surface area contributed by atoms with Gasteiger partial charge < -0.3 is 9.64 Å². The first-order valence-electron chi connectivity index (χ1n) is 8.74. The molecule has 0 saturated carbocycles. The molecular formula is C20H23F3N4O2. The second-order valence-corrected chi connectivity index (χ2v) is 7.49. The van der Waals surface area contributed by atoms with Gasteiger partial charge in [-0.05, 0) is 38.5 Å². The number of hydrazone groups is 1. The van der Waals surface area contributed by atoms with Crippen LogP contribution in [0.15, 0.2) is 41.5 Å². The average Bonchev–Trinajstić information content (AvgIpc) is 2.59. The Balaban J connectivity index is 2.19. The van der Waals surface area contributed by atoms with Gasteiger partial charge in [0.05, 0.1) is 17.5 Å². The van der Waals surface area contributed by atoms with Crippen LogP contribution in [-0.4, -0.2) is 37.0 Å². The van der Waals surface area contributed by atoms with Gasteiger partial charge in [-0.1, -0.05) is 24.3 Å². The quantitative estimate of drug-likeness (QED) is 0.589. The molecule has 0 atom stereocenters. The molecule has 0 spiro atoms. The molecule has 0 aliphatic rings. The lowest BCUT2D eigenvalue weighted by atomic mass is 10.1. The van der Waals surface area contributed by atoms with Crippen LogP contribution in [0.4, 0.5) is 23.8 Å². The molecule has 29 heavy (non-hydrogen) atoms. The predicted molar refractivity (Wildman–Crippen MR) is 106 cm³/mol. The molecule has 2 rings (SSSR count). The molecule has 1 N–H and O–H groups in total. The zero-order chi connectivity index (χ0) is 21.8. The number of alkyl halides is 3. The van der Waals surface area contributed by atoms with Crippen LogP contribution < -0.4 is 10.3 Å². The van der Waals surface area contributed by atoms with Crippen LogP contribution in [0.2, 0.25) is 0 Å². The van der Waals surface area contributed by atoms with E-state index in [0.717, 1.165) is 12.1 Å². The van der Waals surface area contributed by atoms with Crippen molar-refractivity contribution >= 4 is 18.1 Å².